The number of rotatable bonds is 73. The molecule has 0 radical (unpaired) electrons. The molecular formula is C76H148O17P2. The van der Waals surface area contributed by atoms with Crippen molar-refractivity contribution in [1.29, 1.82) is 0 Å². The first-order chi connectivity index (χ1) is 45.6. The van der Waals surface area contributed by atoms with Crippen LogP contribution in [0.4, 0.5) is 0 Å². The molecule has 5 atom stereocenters. The van der Waals surface area contributed by atoms with Gasteiger partial charge in [-0.15, -0.1) is 0 Å². The fourth-order valence-corrected chi connectivity index (χ4v) is 13.1. The quantitative estimate of drug-likeness (QED) is 0.0222. The molecule has 0 aromatic heterocycles. The number of carbonyl (C=O) groups excluding carboxylic acids is 4. The van der Waals surface area contributed by atoms with Gasteiger partial charge in [0.15, 0.2) is 12.2 Å². The zero-order valence-electron chi connectivity index (χ0n) is 62.3. The van der Waals surface area contributed by atoms with E-state index in [-0.39, 0.29) is 25.7 Å². The predicted molar refractivity (Wildman–Crippen MR) is 386 cm³/mol. The summed E-state index contributed by atoms with van der Waals surface area (Å²) in [6.45, 7) is 14.1. The molecule has 0 rings (SSSR count). The van der Waals surface area contributed by atoms with Crippen molar-refractivity contribution in [2.24, 2.45) is 23.7 Å². The van der Waals surface area contributed by atoms with Crippen molar-refractivity contribution in [3.8, 4) is 0 Å². The van der Waals surface area contributed by atoms with Gasteiger partial charge in [-0.25, -0.2) is 9.13 Å². The molecular weight excluding hydrogens is 1250 g/mol. The standard InChI is InChI=1S/C76H148O17P2/c1-66(2)52-44-36-28-22-17-15-13-11-9-10-12-14-16-18-25-31-40-48-56-73(78)86-62-71(92-75(80)58-50-42-32-26-20-19-23-29-37-45-53-67(3)4)64-90-94(82,83)88-60-70(77)61-89-95(84,85)91-65-72(63-87-74(79)57-49-41-35-34-39-47-55-69(7)8)93-76(81)59-51-43-33-27-21-24-30-38-46-54-68(5)6/h66-72,77H,9-65H2,1-8H3,(H,82,83)(H,84,85)/t70-,71-,72-/m1/s1. The van der Waals surface area contributed by atoms with Gasteiger partial charge in [0.05, 0.1) is 26.4 Å². The summed E-state index contributed by atoms with van der Waals surface area (Å²) in [4.78, 5) is 72.7. The number of ether oxygens (including phenoxy) is 4. The number of phosphoric ester groups is 2. The Morgan fingerprint density at radius 2 is 0.442 bits per heavy atom. The molecule has 19 heteroatoms. The first kappa shape index (κ1) is 93.1. The lowest BCUT2D eigenvalue weighted by Crippen LogP contribution is -2.30. The van der Waals surface area contributed by atoms with Crippen LogP contribution in [-0.4, -0.2) is 96.7 Å². The molecule has 0 bridgehead atoms. The van der Waals surface area contributed by atoms with Gasteiger partial charge >= 0.3 is 39.5 Å². The highest BCUT2D eigenvalue weighted by molar-refractivity contribution is 7.47. The zero-order chi connectivity index (χ0) is 70.3. The average molecular weight is 1400 g/mol. The minimum atomic E-state index is -4.96. The fraction of sp³-hybridized carbons (Fsp3) is 0.947. The summed E-state index contributed by atoms with van der Waals surface area (Å²) >= 11 is 0. The van der Waals surface area contributed by atoms with Crippen LogP contribution in [0.1, 0.15) is 383 Å². The van der Waals surface area contributed by atoms with Crippen LogP contribution in [-0.2, 0) is 65.4 Å². The third-order valence-corrected chi connectivity index (χ3v) is 19.5. The third kappa shape index (κ3) is 70.3. The predicted octanol–water partition coefficient (Wildman–Crippen LogP) is 22.0. The Morgan fingerprint density at radius 1 is 0.263 bits per heavy atom. The van der Waals surface area contributed by atoms with E-state index in [0.29, 0.717) is 31.6 Å². The van der Waals surface area contributed by atoms with Crippen molar-refractivity contribution >= 4 is 39.5 Å². The van der Waals surface area contributed by atoms with Crippen LogP contribution in [0.25, 0.3) is 0 Å². The van der Waals surface area contributed by atoms with Crippen LogP contribution in [0.5, 0.6) is 0 Å². The van der Waals surface area contributed by atoms with E-state index in [1.807, 2.05) is 0 Å². The Bertz CT molecular complexity index is 1870. The average Bonchev–Trinajstić information content (AvgIpc) is 2.24. The monoisotopic (exact) mass is 1400 g/mol. The number of carbonyl (C=O) groups is 4. The van der Waals surface area contributed by atoms with Gasteiger partial charge in [0.1, 0.15) is 19.3 Å². The highest BCUT2D eigenvalue weighted by Crippen LogP contribution is 2.45. The molecule has 0 aliphatic heterocycles. The Hall–Kier alpha value is -1.94. The third-order valence-electron chi connectivity index (χ3n) is 17.6. The second-order valence-corrected chi connectivity index (χ2v) is 32.2. The molecule has 0 aliphatic carbocycles. The molecule has 0 fully saturated rings. The van der Waals surface area contributed by atoms with E-state index in [4.69, 9.17) is 37.0 Å². The minimum absolute atomic E-state index is 0.104. The van der Waals surface area contributed by atoms with Gasteiger partial charge in [-0.2, -0.15) is 0 Å². The number of aliphatic hydroxyl groups excluding tert-OH is 1. The number of esters is 4. The molecule has 0 amide bonds. The lowest BCUT2D eigenvalue weighted by atomic mass is 10.0. The molecule has 0 heterocycles. The van der Waals surface area contributed by atoms with E-state index >= 15 is 0 Å². The topological polar surface area (TPSA) is 237 Å². The van der Waals surface area contributed by atoms with Crippen LogP contribution in [0.3, 0.4) is 0 Å². The maximum atomic E-state index is 13.1. The molecule has 17 nitrogen and oxygen atoms in total. The first-order valence-corrected chi connectivity index (χ1v) is 42.2. The van der Waals surface area contributed by atoms with Crippen molar-refractivity contribution in [3.63, 3.8) is 0 Å². The fourth-order valence-electron chi connectivity index (χ4n) is 11.6. The van der Waals surface area contributed by atoms with E-state index in [0.717, 1.165) is 114 Å². The molecule has 564 valence electrons. The highest BCUT2D eigenvalue weighted by Gasteiger charge is 2.30. The SMILES string of the molecule is CC(C)CCCCCCCCCCCCCCCCCCCCC(=O)OC[C@H](COP(=O)(O)OC[C@@H](O)COP(=O)(O)OC[C@@H](COC(=O)CCCCCCCCC(C)C)OC(=O)CCCCCCCCCCCC(C)C)OC(=O)CCCCCCCCCCCCC(C)C. The number of aliphatic hydroxyl groups is 1. The molecule has 0 spiro atoms. The molecule has 0 saturated carbocycles. The molecule has 0 saturated heterocycles. The summed E-state index contributed by atoms with van der Waals surface area (Å²) in [6.07, 6.45) is 50.3. The normalized spacial score (nSPS) is 14.1. The van der Waals surface area contributed by atoms with Crippen molar-refractivity contribution < 1.29 is 80.2 Å². The van der Waals surface area contributed by atoms with Crippen LogP contribution >= 0.6 is 15.6 Å². The number of unbranched alkanes of at least 4 members (excludes halogenated alkanes) is 39. The van der Waals surface area contributed by atoms with Gasteiger partial charge < -0.3 is 33.8 Å². The van der Waals surface area contributed by atoms with E-state index < -0.39 is 97.5 Å². The van der Waals surface area contributed by atoms with Gasteiger partial charge in [0.25, 0.3) is 0 Å². The molecule has 0 aliphatic rings. The maximum absolute atomic E-state index is 13.1. The van der Waals surface area contributed by atoms with E-state index in [1.165, 1.54) is 180 Å². The largest absolute Gasteiger partial charge is 0.472 e. The molecule has 95 heavy (non-hydrogen) atoms. The van der Waals surface area contributed by atoms with E-state index in [2.05, 4.69) is 55.4 Å². The van der Waals surface area contributed by atoms with Crippen LogP contribution in [0, 0.1) is 23.7 Å². The number of hydrogen-bond acceptors (Lipinski definition) is 15. The first-order valence-electron chi connectivity index (χ1n) is 39.2. The zero-order valence-corrected chi connectivity index (χ0v) is 64.1. The Morgan fingerprint density at radius 3 is 0.653 bits per heavy atom. The van der Waals surface area contributed by atoms with Crippen molar-refractivity contribution in [2.45, 2.75) is 401 Å². The molecule has 0 aromatic rings. The summed E-state index contributed by atoms with van der Waals surface area (Å²) in [5, 5.41) is 10.6. The summed E-state index contributed by atoms with van der Waals surface area (Å²) in [5.41, 5.74) is 0. The van der Waals surface area contributed by atoms with Crippen molar-refractivity contribution in [1.82, 2.24) is 0 Å². The number of hydrogen-bond donors (Lipinski definition) is 3. The molecule has 2 unspecified atom stereocenters. The summed E-state index contributed by atoms with van der Waals surface area (Å²) in [7, 11) is -9.91. The van der Waals surface area contributed by atoms with Crippen molar-refractivity contribution in [2.75, 3.05) is 39.6 Å². The van der Waals surface area contributed by atoms with Crippen LogP contribution in [0.2, 0.25) is 0 Å². The summed E-state index contributed by atoms with van der Waals surface area (Å²) in [5.74, 6) is 0.866. The van der Waals surface area contributed by atoms with Gasteiger partial charge in [-0.05, 0) is 49.4 Å². The van der Waals surface area contributed by atoms with Gasteiger partial charge in [0.2, 0.25) is 0 Å². The summed E-state index contributed by atoms with van der Waals surface area (Å²) in [6, 6.07) is 0. The number of phosphoric acid groups is 2. The molecule has 3 N–H and O–H groups in total. The van der Waals surface area contributed by atoms with Crippen LogP contribution < -0.4 is 0 Å². The Balaban J connectivity index is 5.17. The smallest absolute Gasteiger partial charge is 0.462 e. The minimum Gasteiger partial charge on any atom is -0.462 e. The van der Waals surface area contributed by atoms with E-state index in [1.54, 1.807) is 0 Å². The van der Waals surface area contributed by atoms with Gasteiger partial charge in [-0.1, -0.05) is 331 Å². The maximum Gasteiger partial charge on any atom is 0.472 e. The van der Waals surface area contributed by atoms with Crippen LogP contribution in [0.15, 0.2) is 0 Å². The second-order valence-electron chi connectivity index (χ2n) is 29.3. The van der Waals surface area contributed by atoms with E-state index in [9.17, 15) is 43.2 Å². The lowest BCUT2D eigenvalue weighted by Gasteiger charge is -2.21. The Kier molecular flexibility index (Phi) is 64.0. The molecule has 0 aromatic carbocycles. The van der Waals surface area contributed by atoms with Gasteiger partial charge in [0, 0.05) is 25.7 Å². The van der Waals surface area contributed by atoms with Gasteiger partial charge in [-0.3, -0.25) is 37.3 Å². The lowest BCUT2D eigenvalue weighted by molar-refractivity contribution is -0.161. The second kappa shape index (κ2) is 65.4. The highest BCUT2D eigenvalue weighted by atomic mass is 31.2. The Labute approximate surface area is 581 Å². The van der Waals surface area contributed by atoms with Crippen molar-refractivity contribution in [3.05, 3.63) is 0 Å². The summed E-state index contributed by atoms with van der Waals surface area (Å²) < 4.78 is 68.4.